The Kier molecular flexibility index (Phi) is 15.2. The van der Waals surface area contributed by atoms with Crippen LogP contribution in [0.3, 0.4) is 0 Å². The van der Waals surface area contributed by atoms with Crippen LogP contribution in [0, 0.1) is 5.41 Å². The second-order valence-electron chi connectivity index (χ2n) is 15.4. The lowest BCUT2D eigenvalue weighted by atomic mass is 10.2. The molecule has 0 saturated carbocycles. The zero-order valence-corrected chi connectivity index (χ0v) is 38.1. The molecule has 2 fully saturated rings. The summed E-state index contributed by atoms with van der Waals surface area (Å²) >= 11 is 0. The van der Waals surface area contributed by atoms with Gasteiger partial charge in [-0.15, -0.1) is 17.0 Å². The smallest absolute Gasteiger partial charge is 0.337 e. The molecule has 66 heavy (non-hydrogen) atoms. The second kappa shape index (κ2) is 21.3. The number of pyridine rings is 2. The van der Waals surface area contributed by atoms with E-state index in [1.165, 1.54) is 38.4 Å². The number of anilines is 6. The number of fused-ring (bicyclic) bond motifs is 6. The van der Waals surface area contributed by atoms with Crippen LogP contribution in [0.25, 0.3) is 21.8 Å². The molecule has 4 aliphatic rings. The standard InChI is InChI=1S/C22H25N7O3.C14H17N5O.C8H8N2O3.BrH/c1-14(30)25-19-5-2-15(13-24-19)21(31)27-22-26-18-12-16(28-8-10-32-11-9-28)3-4-17(18)20-23-6-7-29(20)22;15-14-17-12-9-10(18-5-7-20-8-6-18)1-2-11(12)13-16-3-4-19(13)14;1-5(11)10-7-3-2-6(4-9-7)8(12)13;/h2-5,12-13,21,23,31H,6-11H2,1H3,(H,24,25,30);1-2,9,15-16H,3-8H2;2-4H,1H3,(H,12,13)(H,9,10,11);1H. The van der Waals surface area contributed by atoms with Crippen molar-refractivity contribution in [2.24, 2.45) is 4.99 Å². The number of aliphatic hydroxyl groups is 1. The van der Waals surface area contributed by atoms with Gasteiger partial charge in [0.15, 0.2) is 6.23 Å². The second-order valence-corrected chi connectivity index (χ2v) is 15.4. The number of carboxylic acids is 1. The molecule has 22 heteroatoms. The number of aliphatic hydroxyl groups excluding tert-OH is 1. The van der Waals surface area contributed by atoms with E-state index < -0.39 is 12.2 Å². The van der Waals surface area contributed by atoms with Gasteiger partial charge < -0.3 is 50.8 Å². The largest absolute Gasteiger partial charge is 0.478 e. The molecule has 4 aliphatic heterocycles. The molecule has 1 atom stereocenters. The molecule has 0 radical (unpaired) electrons. The van der Waals surface area contributed by atoms with Crippen LogP contribution in [0.2, 0.25) is 0 Å². The summed E-state index contributed by atoms with van der Waals surface area (Å²) in [6.45, 7) is 12.5. The van der Waals surface area contributed by atoms with Gasteiger partial charge in [-0.2, -0.15) is 0 Å². The van der Waals surface area contributed by atoms with E-state index in [4.69, 9.17) is 25.0 Å². The molecule has 0 spiro atoms. The number of carbonyl (C=O) groups excluding carboxylic acids is 2. The molecule has 2 amide bonds. The normalized spacial score (nSPS) is 15.7. The maximum atomic E-state index is 11.2. The summed E-state index contributed by atoms with van der Waals surface area (Å²) in [5.74, 6) is 1.26. The molecule has 346 valence electrons. The molecule has 6 aromatic rings. The van der Waals surface area contributed by atoms with Gasteiger partial charge in [0.05, 0.1) is 43.0 Å². The van der Waals surface area contributed by atoms with Crippen LogP contribution in [0.4, 0.5) is 34.6 Å². The van der Waals surface area contributed by atoms with Crippen molar-refractivity contribution >= 4 is 91.2 Å². The fourth-order valence-corrected chi connectivity index (χ4v) is 7.75. The topological polar surface area (TPSA) is 262 Å². The van der Waals surface area contributed by atoms with Gasteiger partial charge >= 0.3 is 5.97 Å². The van der Waals surface area contributed by atoms with Crippen molar-refractivity contribution in [2.45, 2.75) is 33.2 Å². The highest BCUT2D eigenvalue weighted by Crippen LogP contribution is 2.29. The maximum absolute atomic E-state index is 11.2. The van der Waals surface area contributed by atoms with Crippen molar-refractivity contribution in [1.29, 1.82) is 5.41 Å². The van der Waals surface area contributed by atoms with Crippen LogP contribution in [0.15, 0.2) is 78.0 Å². The highest BCUT2D eigenvalue weighted by molar-refractivity contribution is 8.93. The quantitative estimate of drug-likeness (QED) is 0.121. The molecule has 0 aliphatic carbocycles. The predicted molar refractivity (Wildman–Crippen MR) is 253 cm³/mol. The molecular formula is C44H51BrN14O7. The summed E-state index contributed by atoms with van der Waals surface area (Å²) in [4.78, 5) is 58.3. The van der Waals surface area contributed by atoms with Crippen molar-refractivity contribution < 1.29 is 34.1 Å². The van der Waals surface area contributed by atoms with E-state index in [1.807, 2.05) is 9.13 Å². The van der Waals surface area contributed by atoms with Crippen molar-refractivity contribution in [1.82, 2.24) is 29.1 Å². The number of amides is 2. The van der Waals surface area contributed by atoms with Crippen molar-refractivity contribution in [3.05, 3.63) is 95.4 Å². The Hall–Kier alpha value is -7.01. The molecule has 21 nitrogen and oxygen atoms in total. The number of rotatable bonds is 7. The maximum Gasteiger partial charge on any atom is 0.337 e. The third-order valence-electron chi connectivity index (χ3n) is 10.9. The highest BCUT2D eigenvalue weighted by Gasteiger charge is 2.20. The SMILES string of the molecule is Br.CC(=O)Nc1ccc(C(=O)O)cn1.CC(=O)Nc1ccc(C(O)N=c2nc3cc(N4CCOCC4)ccc3c3n2CCN3)cn1.N=c1nc2cc(N3CCOCC3)ccc2c2n1CCN2. The van der Waals surface area contributed by atoms with Crippen molar-refractivity contribution in [2.75, 3.05) is 96.8 Å². The number of aromatic carboxylic acids is 1. The number of morpholine rings is 2. The molecule has 10 rings (SSSR count). The number of carbonyl (C=O) groups is 3. The van der Waals surface area contributed by atoms with E-state index in [0.717, 1.165) is 110 Å². The molecule has 7 N–H and O–H groups in total. The summed E-state index contributed by atoms with van der Waals surface area (Å²) < 4.78 is 14.8. The predicted octanol–water partition coefficient (Wildman–Crippen LogP) is 3.34. The number of hydrogen-bond acceptors (Lipinski definition) is 16. The van der Waals surface area contributed by atoms with Gasteiger partial charge in [-0.05, 0) is 60.7 Å². The Labute approximate surface area is 388 Å². The summed E-state index contributed by atoms with van der Waals surface area (Å²) in [5.41, 5.74) is 5.36. The van der Waals surface area contributed by atoms with Crippen LogP contribution in [-0.2, 0) is 32.2 Å². The van der Waals surface area contributed by atoms with Gasteiger partial charge in [0, 0.05) is 106 Å². The first kappa shape index (κ1) is 47.0. The van der Waals surface area contributed by atoms with Gasteiger partial charge in [-0.25, -0.2) is 29.7 Å². The van der Waals surface area contributed by atoms with Crippen LogP contribution in [0.1, 0.15) is 36.0 Å². The van der Waals surface area contributed by atoms with E-state index in [-0.39, 0.29) is 34.4 Å². The third-order valence-corrected chi connectivity index (χ3v) is 10.9. The minimum absolute atomic E-state index is 0. The van der Waals surface area contributed by atoms with Gasteiger partial charge in [0.25, 0.3) is 0 Å². The Morgan fingerprint density at radius 1 is 0.712 bits per heavy atom. The number of aromatic nitrogens is 6. The monoisotopic (exact) mass is 966 g/mol. The van der Waals surface area contributed by atoms with Crippen LogP contribution in [0.5, 0.6) is 0 Å². The first-order valence-electron chi connectivity index (χ1n) is 21.2. The van der Waals surface area contributed by atoms with Crippen LogP contribution < -0.4 is 42.3 Å². The Bertz CT molecular complexity index is 2850. The molecule has 2 saturated heterocycles. The van der Waals surface area contributed by atoms with Gasteiger partial charge in [-0.3, -0.25) is 24.1 Å². The molecule has 1 unspecified atom stereocenters. The number of ether oxygens (including phenoxy) is 2. The summed E-state index contributed by atoms with van der Waals surface area (Å²) in [6, 6.07) is 18.7. The van der Waals surface area contributed by atoms with Gasteiger partial charge in [-0.1, -0.05) is 0 Å². The Balaban J connectivity index is 0.000000162. The molecule has 8 heterocycles. The summed E-state index contributed by atoms with van der Waals surface area (Å²) in [6.07, 6.45) is 1.56. The Morgan fingerprint density at radius 3 is 1.73 bits per heavy atom. The number of hydrogen-bond donors (Lipinski definition) is 7. The van der Waals surface area contributed by atoms with Crippen molar-refractivity contribution in [3.8, 4) is 0 Å². The van der Waals surface area contributed by atoms with Crippen LogP contribution in [-0.4, -0.2) is 123 Å². The first-order valence-corrected chi connectivity index (χ1v) is 21.2. The van der Waals surface area contributed by atoms with Crippen molar-refractivity contribution in [3.63, 3.8) is 0 Å². The third kappa shape index (κ3) is 11.1. The molecular weight excluding hydrogens is 916 g/mol. The summed E-state index contributed by atoms with van der Waals surface area (Å²) in [5, 5.41) is 41.2. The summed E-state index contributed by atoms with van der Waals surface area (Å²) in [7, 11) is 0. The van der Waals surface area contributed by atoms with Gasteiger partial charge in [0.2, 0.25) is 23.1 Å². The number of benzene rings is 2. The van der Waals surface area contributed by atoms with E-state index in [0.29, 0.717) is 41.6 Å². The average Bonchev–Trinajstić information content (AvgIpc) is 4.02. The minimum atomic E-state index is -1.13. The van der Waals surface area contributed by atoms with E-state index in [1.54, 1.807) is 12.1 Å². The number of halogens is 1. The van der Waals surface area contributed by atoms with E-state index >= 15 is 0 Å². The first-order chi connectivity index (χ1) is 31.5. The molecule has 0 bridgehead atoms. The zero-order chi connectivity index (χ0) is 45.5. The number of nitrogens with one attached hydrogen (secondary N) is 5. The number of nitrogens with zero attached hydrogens (tertiary/aromatic N) is 9. The minimum Gasteiger partial charge on any atom is -0.478 e. The van der Waals surface area contributed by atoms with E-state index in [2.05, 4.69) is 87.4 Å². The lowest BCUT2D eigenvalue weighted by molar-refractivity contribution is -0.115. The fourth-order valence-electron chi connectivity index (χ4n) is 7.75. The van der Waals surface area contributed by atoms with E-state index in [9.17, 15) is 19.5 Å². The highest BCUT2D eigenvalue weighted by atomic mass is 79.9. The fraction of sp³-hybridized carbons (Fsp3) is 0.341. The number of carboxylic acid groups (broad SMARTS) is 1. The molecule has 2 aromatic carbocycles. The lowest BCUT2D eigenvalue weighted by Gasteiger charge is -2.29. The zero-order valence-electron chi connectivity index (χ0n) is 36.4. The van der Waals surface area contributed by atoms with Crippen LogP contribution >= 0.6 is 17.0 Å². The average molecular weight is 968 g/mol. The van der Waals surface area contributed by atoms with Gasteiger partial charge in [0.1, 0.15) is 23.3 Å². The Morgan fingerprint density at radius 2 is 1.23 bits per heavy atom. The lowest BCUT2D eigenvalue weighted by Crippen LogP contribution is -2.36. The molecule has 4 aromatic heterocycles.